The van der Waals surface area contributed by atoms with Gasteiger partial charge < -0.3 is 4.57 Å². The van der Waals surface area contributed by atoms with E-state index in [9.17, 15) is 0 Å². The van der Waals surface area contributed by atoms with E-state index in [4.69, 9.17) is 15.0 Å². The standard InChI is InChI=1S/C57H37N5/c1-4-15-38(16-5-1)40-27-29-41(30-28-40)42-31-33-44(34-32-42)56-58-55(43-19-8-3-9-20-43)59-57(60-56)62-52-26-13-11-24-48(52)50-36-35-49-47-23-10-12-25-51(47)61(53(49)54(50)62)46-22-14-21-45(37-46)39-17-6-2-7-18-39/h1-8,10-37,43H. The second-order valence-corrected chi connectivity index (χ2v) is 15.7. The van der Waals surface area contributed by atoms with E-state index >= 15 is 0 Å². The first kappa shape index (κ1) is 35.6. The molecule has 3 heterocycles. The number of hydrogen-bond acceptors (Lipinski definition) is 3. The van der Waals surface area contributed by atoms with Crippen molar-refractivity contribution in [2.75, 3.05) is 0 Å². The Labute approximate surface area is 358 Å². The summed E-state index contributed by atoms with van der Waals surface area (Å²) in [7, 11) is 0. The molecule has 8 aromatic carbocycles. The van der Waals surface area contributed by atoms with Crippen molar-refractivity contribution in [1.29, 1.82) is 0 Å². The summed E-state index contributed by atoms with van der Waals surface area (Å²) in [4.78, 5) is 15.9. The number of allylic oxidation sites excluding steroid dienone is 3. The van der Waals surface area contributed by atoms with Crippen molar-refractivity contribution < 1.29 is 0 Å². The highest BCUT2D eigenvalue weighted by atomic mass is 15.2. The van der Waals surface area contributed by atoms with Crippen LogP contribution >= 0.6 is 0 Å². The molecule has 5 nitrogen and oxygen atoms in total. The van der Waals surface area contributed by atoms with Gasteiger partial charge in [-0.15, -0.1) is 5.73 Å². The van der Waals surface area contributed by atoms with E-state index in [1.807, 2.05) is 24.3 Å². The van der Waals surface area contributed by atoms with Crippen molar-refractivity contribution in [3.63, 3.8) is 0 Å². The lowest BCUT2D eigenvalue weighted by Crippen LogP contribution is -2.10. The highest BCUT2D eigenvalue weighted by Crippen LogP contribution is 2.42. The molecule has 3 aromatic heterocycles. The predicted molar refractivity (Wildman–Crippen MR) is 255 cm³/mol. The van der Waals surface area contributed by atoms with Crippen molar-refractivity contribution >= 4 is 43.6 Å². The SMILES string of the molecule is C1=CC=CC(c2nc(-c3ccc(-c4ccc(-c5ccccc5)cc4)cc3)nc(-n3c4ccccc4c4ccc5c6ccccc6n(-c6cccc(-c7ccccc7)c6)c5c43)n2)C=1. The largest absolute Gasteiger partial charge is 0.307 e. The number of aromatic nitrogens is 5. The number of nitrogens with zero attached hydrogens (tertiary/aromatic N) is 5. The Bertz CT molecular complexity index is 3590. The first-order valence-corrected chi connectivity index (χ1v) is 21.0. The van der Waals surface area contributed by atoms with Crippen LogP contribution < -0.4 is 0 Å². The molecule has 0 amide bonds. The Morgan fingerprint density at radius 2 is 0.919 bits per heavy atom. The summed E-state index contributed by atoms with van der Waals surface area (Å²) in [6.07, 6.45) is 8.06. The zero-order valence-corrected chi connectivity index (χ0v) is 33.6. The molecule has 0 saturated carbocycles. The number of hydrogen-bond donors (Lipinski definition) is 0. The van der Waals surface area contributed by atoms with E-state index in [1.165, 1.54) is 22.1 Å². The van der Waals surface area contributed by atoms with Gasteiger partial charge in [0.2, 0.25) is 5.95 Å². The fourth-order valence-corrected chi connectivity index (χ4v) is 9.09. The third-order valence-corrected chi connectivity index (χ3v) is 12.1. The average Bonchev–Trinajstić information content (AvgIpc) is 3.88. The molecule has 1 aliphatic rings. The van der Waals surface area contributed by atoms with Gasteiger partial charge in [-0.1, -0.05) is 182 Å². The lowest BCUT2D eigenvalue weighted by atomic mass is 9.99. The topological polar surface area (TPSA) is 48.5 Å². The van der Waals surface area contributed by atoms with E-state index < -0.39 is 0 Å². The van der Waals surface area contributed by atoms with Gasteiger partial charge in [0.15, 0.2) is 5.82 Å². The molecule has 0 saturated heterocycles. The maximum atomic E-state index is 5.37. The van der Waals surface area contributed by atoms with Crippen LogP contribution in [0.25, 0.3) is 100 Å². The van der Waals surface area contributed by atoms with E-state index in [-0.39, 0.29) is 5.92 Å². The minimum atomic E-state index is -0.164. The Morgan fingerprint density at radius 1 is 0.403 bits per heavy atom. The Morgan fingerprint density at radius 3 is 1.53 bits per heavy atom. The summed E-state index contributed by atoms with van der Waals surface area (Å²) >= 11 is 0. The van der Waals surface area contributed by atoms with Gasteiger partial charge in [0.05, 0.1) is 28.0 Å². The van der Waals surface area contributed by atoms with Crippen LogP contribution in [0.4, 0.5) is 0 Å². The molecule has 12 rings (SSSR count). The average molecular weight is 792 g/mol. The van der Waals surface area contributed by atoms with Gasteiger partial charge in [0.25, 0.3) is 0 Å². The third kappa shape index (κ3) is 5.99. The molecular weight excluding hydrogens is 755 g/mol. The molecule has 290 valence electrons. The van der Waals surface area contributed by atoms with E-state index in [0.29, 0.717) is 17.6 Å². The lowest BCUT2D eigenvalue weighted by molar-refractivity contribution is 0.841. The summed E-state index contributed by atoms with van der Waals surface area (Å²) in [5.41, 5.74) is 16.6. The second kappa shape index (κ2) is 14.7. The monoisotopic (exact) mass is 791 g/mol. The molecule has 0 bridgehead atoms. The molecule has 1 aliphatic carbocycles. The van der Waals surface area contributed by atoms with Gasteiger partial charge in [-0.25, -0.2) is 4.98 Å². The van der Waals surface area contributed by atoms with Gasteiger partial charge in [-0.05, 0) is 69.8 Å². The maximum Gasteiger partial charge on any atom is 0.238 e. The quantitative estimate of drug-likeness (QED) is 0.151. The highest BCUT2D eigenvalue weighted by Gasteiger charge is 2.24. The van der Waals surface area contributed by atoms with E-state index in [1.54, 1.807) is 0 Å². The molecule has 0 radical (unpaired) electrons. The molecule has 0 spiro atoms. The zero-order valence-electron chi connectivity index (χ0n) is 33.6. The summed E-state index contributed by atoms with van der Waals surface area (Å²) in [6, 6.07) is 69.0. The fraction of sp³-hybridized carbons (Fsp3) is 0.0175. The van der Waals surface area contributed by atoms with Crippen LogP contribution in [-0.4, -0.2) is 24.1 Å². The number of rotatable bonds is 7. The van der Waals surface area contributed by atoms with Crippen LogP contribution in [0.5, 0.6) is 0 Å². The van der Waals surface area contributed by atoms with Gasteiger partial charge in [0, 0.05) is 32.8 Å². The van der Waals surface area contributed by atoms with Gasteiger partial charge >= 0.3 is 0 Å². The molecule has 1 atom stereocenters. The molecule has 0 N–H and O–H groups in total. The molecule has 1 unspecified atom stereocenters. The number of benzene rings is 8. The van der Waals surface area contributed by atoms with Gasteiger partial charge in [-0.3, -0.25) is 4.57 Å². The molecular formula is C57H37N5. The zero-order chi connectivity index (χ0) is 41.0. The van der Waals surface area contributed by atoms with Crippen molar-refractivity contribution in [1.82, 2.24) is 24.1 Å². The summed E-state index contributed by atoms with van der Waals surface area (Å²) in [6.45, 7) is 0. The van der Waals surface area contributed by atoms with Crippen LogP contribution in [0, 0.1) is 0 Å². The molecule has 62 heavy (non-hydrogen) atoms. The van der Waals surface area contributed by atoms with Crippen LogP contribution in [0.3, 0.4) is 0 Å². The maximum absolute atomic E-state index is 5.37. The Balaban J connectivity index is 1.08. The second-order valence-electron chi connectivity index (χ2n) is 15.7. The fourth-order valence-electron chi connectivity index (χ4n) is 9.09. The van der Waals surface area contributed by atoms with Crippen LogP contribution in [-0.2, 0) is 0 Å². The van der Waals surface area contributed by atoms with Crippen LogP contribution in [0.15, 0.2) is 224 Å². The predicted octanol–water partition coefficient (Wildman–Crippen LogP) is 14.1. The van der Waals surface area contributed by atoms with Crippen molar-refractivity contribution in [2.24, 2.45) is 0 Å². The minimum absolute atomic E-state index is 0.164. The van der Waals surface area contributed by atoms with Gasteiger partial charge in [-0.2, -0.15) is 9.97 Å². The smallest absolute Gasteiger partial charge is 0.238 e. The highest BCUT2D eigenvalue weighted by molar-refractivity contribution is 6.23. The molecule has 0 aliphatic heterocycles. The molecule has 0 fully saturated rings. The van der Waals surface area contributed by atoms with E-state index in [2.05, 4.69) is 209 Å². The van der Waals surface area contributed by atoms with E-state index in [0.717, 1.165) is 66.2 Å². The normalized spacial score (nSPS) is 13.5. The third-order valence-electron chi connectivity index (χ3n) is 12.1. The minimum Gasteiger partial charge on any atom is -0.307 e. The summed E-state index contributed by atoms with van der Waals surface area (Å²) < 4.78 is 4.67. The molecule has 5 heteroatoms. The summed E-state index contributed by atoms with van der Waals surface area (Å²) in [5, 5.41) is 4.60. The van der Waals surface area contributed by atoms with Crippen molar-refractivity contribution in [2.45, 2.75) is 5.92 Å². The van der Waals surface area contributed by atoms with Gasteiger partial charge in [0.1, 0.15) is 5.82 Å². The first-order valence-electron chi connectivity index (χ1n) is 21.0. The van der Waals surface area contributed by atoms with Crippen LogP contribution in [0.2, 0.25) is 0 Å². The number of fused-ring (bicyclic) bond motifs is 7. The molecule has 11 aromatic rings. The number of para-hydroxylation sites is 2. The van der Waals surface area contributed by atoms with Crippen molar-refractivity contribution in [3.8, 4) is 56.4 Å². The Kier molecular flexibility index (Phi) is 8.44. The first-order chi connectivity index (χ1) is 30.7. The summed E-state index contributed by atoms with van der Waals surface area (Å²) in [5.74, 6) is 1.68. The van der Waals surface area contributed by atoms with Crippen LogP contribution in [0.1, 0.15) is 11.7 Å². The Hall–Kier alpha value is -8.37. The lowest BCUT2D eigenvalue weighted by Gasteiger charge is -2.15. The van der Waals surface area contributed by atoms with Crippen molar-refractivity contribution in [3.05, 3.63) is 230 Å².